The lowest BCUT2D eigenvalue weighted by atomic mass is 9.76. The van der Waals surface area contributed by atoms with E-state index in [1.54, 1.807) is 0 Å². The first kappa shape index (κ1) is 19.0. The molecule has 1 heterocycles. The van der Waals surface area contributed by atoms with Crippen LogP contribution in [0.25, 0.3) is 5.69 Å². The van der Waals surface area contributed by atoms with Gasteiger partial charge in [-0.15, -0.1) is 5.10 Å². The summed E-state index contributed by atoms with van der Waals surface area (Å²) in [7, 11) is 0. The molecule has 3 aromatic rings. The Kier molecular flexibility index (Phi) is 4.72. The van der Waals surface area contributed by atoms with Crippen LogP contribution in [0, 0.1) is 12.3 Å². The van der Waals surface area contributed by atoms with Gasteiger partial charge in [0, 0.05) is 11.4 Å². The lowest BCUT2D eigenvalue weighted by Crippen LogP contribution is -2.28. The highest BCUT2D eigenvalue weighted by atomic mass is 35.5. The van der Waals surface area contributed by atoms with Crippen LogP contribution >= 0.6 is 23.2 Å². The summed E-state index contributed by atoms with van der Waals surface area (Å²) in [6, 6.07) is 13.2. The second-order valence-electron chi connectivity index (χ2n) is 8.11. The molecule has 0 unspecified atom stereocenters. The average molecular weight is 414 g/mol. The van der Waals surface area contributed by atoms with E-state index in [2.05, 4.69) is 19.2 Å². The summed E-state index contributed by atoms with van der Waals surface area (Å²) < 4.78 is 1.84. The molecule has 0 bridgehead atoms. The third kappa shape index (κ3) is 3.54. The SMILES string of the molecule is Cc1ccc(Nc2nn(-c3ccc(Cl)cc3)c3c2C(=O)CC(C)(C)C3)c(Cl)c1. The van der Waals surface area contributed by atoms with Gasteiger partial charge >= 0.3 is 0 Å². The highest BCUT2D eigenvalue weighted by Crippen LogP contribution is 2.40. The van der Waals surface area contributed by atoms with E-state index in [1.165, 1.54) is 0 Å². The molecule has 1 aliphatic carbocycles. The van der Waals surface area contributed by atoms with Gasteiger partial charge in [0.1, 0.15) is 0 Å². The molecule has 144 valence electrons. The minimum atomic E-state index is -0.118. The second kappa shape index (κ2) is 6.94. The van der Waals surface area contributed by atoms with Crippen LogP contribution in [0.15, 0.2) is 42.5 Å². The zero-order valence-corrected chi connectivity index (χ0v) is 17.5. The number of Topliss-reactive ketones (excluding diaryl/α,β-unsaturated/α-hetero) is 1. The van der Waals surface area contributed by atoms with Crippen LogP contribution in [0.1, 0.15) is 41.9 Å². The van der Waals surface area contributed by atoms with E-state index in [9.17, 15) is 4.79 Å². The van der Waals surface area contributed by atoms with Crippen molar-refractivity contribution in [1.29, 1.82) is 0 Å². The highest BCUT2D eigenvalue weighted by molar-refractivity contribution is 6.33. The number of aromatic nitrogens is 2. The normalized spacial score (nSPS) is 15.4. The Morgan fingerprint density at radius 3 is 2.46 bits per heavy atom. The number of nitrogens with one attached hydrogen (secondary N) is 1. The van der Waals surface area contributed by atoms with E-state index in [0.29, 0.717) is 27.8 Å². The van der Waals surface area contributed by atoms with Crippen molar-refractivity contribution in [1.82, 2.24) is 9.78 Å². The number of fused-ring (bicyclic) bond motifs is 1. The van der Waals surface area contributed by atoms with Gasteiger partial charge in [-0.2, -0.15) is 0 Å². The molecule has 0 amide bonds. The van der Waals surface area contributed by atoms with Crippen molar-refractivity contribution < 1.29 is 4.79 Å². The summed E-state index contributed by atoms with van der Waals surface area (Å²) in [6.45, 7) is 6.20. The first-order valence-corrected chi connectivity index (χ1v) is 9.93. The molecule has 1 aromatic heterocycles. The summed E-state index contributed by atoms with van der Waals surface area (Å²) in [6.07, 6.45) is 1.25. The molecule has 0 atom stereocenters. The van der Waals surface area contributed by atoms with Crippen molar-refractivity contribution in [2.75, 3.05) is 5.32 Å². The number of hydrogen-bond acceptors (Lipinski definition) is 3. The molecule has 4 nitrogen and oxygen atoms in total. The van der Waals surface area contributed by atoms with Crippen LogP contribution in [-0.4, -0.2) is 15.6 Å². The maximum atomic E-state index is 13.0. The van der Waals surface area contributed by atoms with Gasteiger partial charge in [-0.3, -0.25) is 4.79 Å². The third-order valence-corrected chi connectivity index (χ3v) is 5.56. The van der Waals surface area contributed by atoms with Crippen LogP contribution in [0.5, 0.6) is 0 Å². The number of nitrogens with zero attached hydrogens (tertiary/aromatic N) is 2. The van der Waals surface area contributed by atoms with Gasteiger partial charge < -0.3 is 5.32 Å². The molecule has 0 radical (unpaired) electrons. The predicted molar refractivity (Wildman–Crippen MR) is 114 cm³/mol. The Labute approximate surface area is 174 Å². The summed E-state index contributed by atoms with van der Waals surface area (Å²) in [5, 5.41) is 9.28. The van der Waals surface area contributed by atoms with E-state index in [1.807, 2.05) is 54.1 Å². The van der Waals surface area contributed by atoms with Crippen LogP contribution in [0.3, 0.4) is 0 Å². The molecule has 1 aliphatic rings. The van der Waals surface area contributed by atoms with Crippen LogP contribution in [0.2, 0.25) is 10.0 Å². The summed E-state index contributed by atoms with van der Waals surface area (Å²) in [4.78, 5) is 13.0. The first-order chi connectivity index (χ1) is 13.2. The molecule has 0 aliphatic heterocycles. The Balaban J connectivity index is 1.85. The quantitative estimate of drug-likeness (QED) is 0.541. The van der Waals surface area contributed by atoms with Crippen molar-refractivity contribution in [3.8, 4) is 5.69 Å². The van der Waals surface area contributed by atoms with Crippen LogP contribution in [-0.2, 0) is 6.42 Å². The van der Waals surface area contributed by atoms with Gasteiger partial charge in [-0.05, 0) is 60.7 Å². The van der Waals surface area contributed by atoms with Crippen LogP contribution < -0.4 is 5.32 Å². The van der Waals surface area contributed by atoms with Gasteiger partial charge in [0.05, 0.1) is 27.7 Å². The molecule has 0 spiro atoms. The third-order valence-electron chi connectivity index (χ3n) is 4.99. The molecular weight excluding hydrogens is 393 g/mol. The fraction of sp³-hybridized carbons (Fsp3) is 0.273. The van der Waals surface area contributed by atoms with Crippen molar-refractivity contribution >= 4 is 40.5 Å². The lowest BCUT2D eigenvalue weighted by Gasteiger charge is -2.29. The van der Waals surface area contributed by atoms with Gasteiger partial charge in [-0.1, -0.05) is 43.1 Å². The summed E-state index contributed by atoms with van der Waals surface area (Å²) >= 11 is 12.4. The molecule has 0 saturated heterocycles. The monoisotopic (exact) mass is 413 g/mol. The maximum absolute atomic E-state index is 13.0. The standard InChI is InChI=1S/C22H21Cl2N3O/c1-13-4-9-17(16(24)10-13)25-21-20-18(11-22(2,3)12-19(20)28)27(26-21)15-7-5-14(23)6-8-15/h4-10H,11-12H2,1-3H3,(H,25,26). The molecule has 28 heavy (non-hydrogen) atoms. The molecule has 0 fully saturated rings. The average Bonchev–Trinajstić information content (AvgIpc) is 2.95. The van der Waals surface area contributed by atoms with E-state index >= 15 is 0 Å². The first-order valence-electron chi connectivity index (χ1n) is 9.18. The molecule has 1 N–H and O–H groups in total. The largest absolute Gasteiger partial charge is 0.337 e. The fourth-order valence-corrected chi connectivity index (χ4v) is 4.09. The summed E-state index contributed by atoms with van der Waals surface area (Å²) in [5.41, 5.74) is 4.11. The molecule has 4 rings (SSSR count). The number of anilines is 2. The predicted octanol–water partition coefficient (Wildman–Crippen LogP) is 6.39. The Morgan fingerprint density at radius 1 is 1.07 bits per heavy atom. The minimum Gasteiger partial charge on any atom is -0.337 e. The Hall–Kier alpha value is -2.30. The zero-order chi connectivity index (χ0) is 20.1. The number of hydrogen-bond donors (Lipinski definition) is 1. The zero-order valence-electron chi connectivity index (χ0n) is 16.0. The number of aryl methyl sites for hydroxylation is 1. The highest BCUT2D eigenvalue weighted by Gasteiger charge is 2.37. The minimum absolute atomic E-state index is 0.0946. The van der Waals surface area contributed by atoms with Crippen molar-refractivity contribution in [3.63, 3.8) is 0 Å². The van der Waals surface area contributed by atoms with Crippen LogP contribution in [0.4, 0.5) is 11.5 Å². The number of benzene rings is 2. The van der Waals surface area contributed by atoms with E-state index < -0.39 is 0 Å². The lowest BCUT2D eigenvalue weighted by molar-refractivity contribution is 0.0912. The van der Waals surface area contributed by atoms with Gasteiger partial charge in [0.25, 0.3) is 0 Å². The number of rotatable bonds is 3. The maximum Gasteiger partial charge on any atom is 0.169 e. The summed E-state index contributed by atoms with van der Waals surface area (Å²) in [5.74, 6) is 0.633. The number of halogens is 2. The van der Waals surface area contributed by atoms with Crippen molar-refractivity contribution in [3.05, 3.63) is 69.3 Å². The van der Waals surface area contributed by atoms with Gasteiger partial charge in [-0.25, -0.2) is 4.68 Å². The van der Waals surface area contributed by atoms with E-state index in [4.69, 9.17) is 28.3 Å². The topological polar surface area (TPSA) is 46.9 Å². The van der Waals surface area contributed by atoms with Gasteiger partial charge in [0.15, 0.2) is 11.6 Å². The van der Waals surface area contributed by atoms with E-state index in [-0.39, 0.29) is 11.2 Å². The Bertz CT molecular complexity index is 1070. The smallest absolute Gasteiger partial charge is 0.169 e. The molecular formula is C22H21Cl2N3O. The molecule has 6 heteroatoms. The molecule has 2 aromatic carbocycles. The number of ketones is 1. The van der Waals surface area contributed by atoms with E-state index in [0.717, 1.165) is 29.1 Å². The Morgan fingerprint density at radius 2 is 1.79 bits per heavy atom. The second-order valence-corrected chi connectivity index (χ2v) is 8.95. The van der Waals surface area contributed by atoms with Crippen molar-refractivity contribution in [2.45, 2.75) is 33.6 Å². The van der Waals surface area contributed by atoms with Gasteiger partial charge in [0.2, 0.25) is 0 Å². The number of carbonyl (C=O) groups excluding carboxylic acids is 1. The number of carbonyl (C=O) groups is 1. The van der Waals surface area contributed by atoms with Crippen molar-refractivity contribution in [2.24, 2.45) is 5.41 Å². The fourth-order valence-electron chi connectivity index (χ4n) is 3.68. The molecule has 0 saturated carbocycles.